The summed E-state index contributed by atoms with van der Waals surface area (Å²) in [5, 5.41) is 12.1. The number of amides is 2. The van der Waals surface area contributed by atoms with Gasteiger partial charge in [0, 0.05) is 16.3 Å². The Morgan fingerprint density at radius 2 is 2.14 bits per heavy atom. The van der Waals surface area contributed by atoms with Crippen LogP contribution in [-0.4, -0.2) is 34.6 Å². The summed E-state index contributed by atoms with van der Waals surface area (Å²) < 4.78 is 0. The maximum absolute atomic E-state index is 12.3. The molecule has 2 amide bonds. The summed E-state index contributed by atoms with van der Waals surface area (Å²) in [5.74, 6) is -0.908. The van der Waals surface area contributed by atoms with Gasteiger partial charge >= 0.3 is 12.0 Å². The average molecular weight is 310 g/mol. The number of hydrogen-bond acceptors (Lipinski definition) is 3. The lowest BCUT2D eigenvalue weighted by Crippen LogP contribution is -2.49. The van der Waals surface area contributed by atoms with Gasteiger partial charge in [0.15, 0.2) is 0 Å². The number of carbonyl (C=O) groups excluding carboxylic acids is 1. The van der Waals surface area contributed by atoms with Crippen molar-refractivity contribution in [3.63, 3.8) is 0 Å². The molecule has 0 aromatic carbocycles. The molecular formula is C15H22N2O3S. The Hall–Kier alpha value is -1.56. The molecule has 0 aliphatic carbocycles. The van der Waals surface area contributed by atoms with Crippen LogP contribution in [0.2, 0.25) is 0 Å². The smallest absolute Gasteiger partial charge is 0.326 e. The lowest BCUT2D eigenvalue weighted by molar-refractivity contribution is -0.142. The Balaban J connectivity index is 1.98. The molecule has 2 heterocycles. The average Bonchev–Trinajstić information content (AvgIpc) is 2.67. The van der Waals surface area contributed by atoms with Gasteiger partial charge in [0.05, 0.1) is 6.54 Å². The van der Waals surface area contributed by atoms with Crippen molar-refractivity contribution in [2.45, 2.75) is 52.1 Å². The summed E-state index contributed by atoms with van der Waals surface area (Å²) >= 11 is 1.66. The zero-order valence-electron chi connectivity index (χ0n) is 12.5. The van der Waals surface area contributed by atoms with Crippen molar-refractivity contribution >= 4 is 23.3 Å². The first-order valence-corrected chi connectivity index (χ1v) is 8.14. The Labute approximate surface area is 129 Å². The van der Waals surface area contributed by atoms with Crippen LogP contribution in [0.1, 0.15) is 41.0 Å². The van der Waals surface area contributed by atoms with Gasteiger partial charge in [0.2, 0.25) is 0 Å². The van der Waals surface area contributed by atoms with E-state index in [1.165, 1.54) is 15.3 Å². The molecule has 0 bridgehead atoms. The molecule has 21 heavy (non-hydrogen) atoms. The number of rotatable bonds is 3. The topological polar surface area (TPSA) is 69.6 Å². The molecule has 2 N–H and O–H groups in total. The molecule has 1 aliphatic rings. The number of aliphatic carboxylic acids is 1. The molecular weight excluding hydrogens is 288 g/mol. The fraction of sp³-hybridized carbons (Fsp3) is 0.600. The van der Waals surface area contributed by atoms with Crippen molar-refractivity contribution in [3.8, 4) is 0 Å². The Morgan fingerprint density at radius 3 is 2.76 bits per heavy atom. The van der Waals surface area contributed by atoms with Crippen molar-refractivity contribution < 1.29 is 14.7 Å². The molecule has 116 valence electrons. The third-order valence-corrected chi connectivity index (χ3v) is 5.08. The fourth-order valence-corrected chi connectivity index (χ4v) is 3.60. The molecule has 5 nitrogen and oxygen atoms in total. The van der Waals surface area contributed by atoms with Crippen LogP contribution in [0.15, 0.2) is 6.07 Å². The number of carboxylic acids is 1. The summed E-state index contributed by atoms with van der Waals surface area (Å²) in [5.41, 5.74) is 1.22. The first-order chi connectivity index (χ1) is 9.99. The van der Waals surface area contributed by atoms with Gasteiger partial charge in [-0.2, -0.15) is 0 Å². The molecule has 1 aromatic heterocycles. The minimum atomic E-state index is -0.908. The highest BCUT2D eigenvalue weighted by molar-refractivity contribution is 7.12. The van der Waals surface area contributed by atoms with Gasteiger partial charge in [-0.1, -0.05) is 12.8 Å². The monoisotopic (exact) mass is 310 g/mol. The maximum Gasteiger partial charge on any atom is 0.326 e. The van der Waals surface area contributed by atoms with Crippen molar-refractivity contribution in [2.75, 3.05) is 6.54 Å². The Bertz CT molecular complexity index is 507. The van der Waals surface area contributed by atoms with E-state index in [-0.39, 0.29) is 6.03 Å². The summed E-state index contributed by atoms with van der Waals surface area (Å²) in [6.45, 7) is 5.08. The van der Waals surface area contributed by atoms with Crippen LogP contribution in [0.3, 0.4) is 0 Å². The second-order valence-electron chi connectivity index (χ2n) is 5.51. The molecule has 1 aromatic rings. The molecule has 0 spiro atoms. The number of nitrogens with one attached hydrogen (secondary N) is 1. The van der Waals surface area contributed by atoms with Crippen LogP contribution in [-0.2, 0) is 11.3 Å². The molecule has 0 saturated carbocycles. The van der Waals surface area contributed by atoms with Gasteiger partial charge in [-0.15, -0.1) is 11.3 Å². The van der Waals surface area contributed by atoms with E-state index >= 15 is 0 Å². The lowest BCUT2D eigenvalue weighted by Gasteiger charge is -2.27. The van der Waals surface area contributed by atoms with E-state index in [1.807, 2.05) is 6.92 Å². The van der Waals surface area contributed by atoms with E-state index in [0.29, 0.717) is 19.5 Å². The van der Waals surface area contributed by atoms with Gasteiger partial charge in [0.1, 0.15) is 6.04 Å². The summed E-state index contributed by atoms with van der Waals surface area (Å²) in [4.78, 5) is 27.4. The van der Waals surface area contributed by atoms with Crippen molar-refractivity contribution in [3.05, 3.63) is 21.4 Å². The van der Waals surface area contributed by atoms with E-state index in [1.54, 1.807) is 11.3 Å². The highest BCUT2D eigenvalue weighted by Crippen LogP contribution is 2.21. The van der Waals surface area contributed by atoms with Crippen LogP contribution in [0.4, 0.5) is 4.79 Å². The molecule has 2 rings (SSSR count). The number of aryl methyl sites for hydroxylation is 2. The quantitative estimate of drug-likeness (QED) is 0.902. The Kier molecular flexibility index (Phi) is 5.22. The normalized spacial score (nSPS) is 19.1. The molecule has 1 unspecified atom stereocenters. The third kappa shape index (κ3) is 3.97. The van der Waals surface area contributed by atoms with Crippen LogP contribution in [0.5, 0.6) is 0 Å². The number of thiophene rings is 1. The molecule has 1 atom stereocenters. The van der Waals surface area contributed by atoms with Gasteiger partial charge < -0.3 is 15.3 Å². The molecule has 1 fully saturated rings. The number of nitrogens with zero attached hydrogens (tertiary/aromatic N) is 1. The second-order valence-corrected chi connectivity index (χ2v) is 6.85. The van der Waals surface area contributed by atoms with Crippen LogP contribution in [0, 0.1) is 13.8 Å². The SMILES string of the molecule is Cc1cc(CNC(=O)N2CCCCCC2C(=O)O)sc1C. The van der Waals surface area contributed by atoms with Crippen molar-refractivity contribution in [1.82, 2.24) is 10.2 Å². The molecule has 6 heteroatoms. The van der Waals surface area contributed by atoms with Gasteiger partial charge in [-0.05, 0) is 38.3 Å². The largest absolute Gasteiger partial charge is 0.480 e. The Morgan fingerprint density at radius 1 is 1.38 bits per heavy atom. The number of carbonyl (C=O) groups is 2. The van der Waals surface area contributed by atoms with E-state index in [4.69, 9.17) is 0 Å². The number of urea groups is 1. The molecule has 1 saturated heterocycles. The summed E-state index contributed by atoms with van der Waals surface area (Å²) in [6.07, 6.45) is 3.26. The minimum Gasteiger partial charge on any atom is -0.480 e. The lowest BCUT2D eigenvalue weighted by atomic mass is 10.1. The van der Waals surface area contributed by atoms with Crippen LogP contribution < -0.4 is 5.32 Å². The highest BCUT2D eigenvalue weighted by atomic mass is 32.1. The summed E-state index contributed by atoms with van der Waals surface area (Å²) in [6, 6.07) is 1.10. The van der Waals surface area contributed by atoms with Gasteiger partial charge in [-0.25, -0.2) is 9.59 Å². The van der Waals surface area contributed by atoms with Crippen molar-refractivity contribution in [1.29, 1.82) is 0 Å². The van der Waals surface area contributed by atoms with E-state index in [0.717, 1.165) is 24.1 Å². The zero-order chi connectivity index (χ0) is 15.4. The third-order valence-electron chi connectivity index (χ3n) is 3.93. The van der Waals surface area contributed by atoms with Crippen molar-refractivity contribution in [2.24, 2.45) is 0 Å². The number of likely N-dealkylation sites (tertiary alicyclic amines) is 1. The summed E-state index contributed by atoms with van der Waals surface area (Å²) in [7, 11) is 0. The predicted molar refractivity (Wildman–Crippen MR) is 82.6 cm³/mol. The van der Waals surface area contributed by atoms with E-state index < -0.39 is 12.0 Å². The standard InChI is InChI=1S/C15H22N2O3S/c1-10-8-12(21-11(10)2)9-16-15(20)17-7-5-3-4-6-13(17)14(18)19/h8,13H,3-7,9H2,1-2H3,(H,16,20)(H,18,19). The predicted octanol–water partition coefficient (Wildman–Crippen LogP) is 2.90. The fourth-order valence-electron chi connectivity index (χ4n) is 2.61. The maximum atomic E-state index is 12.3. The first kappa shape index (κ1) is 15.8. The van der Waals surface area contributed by atoms with Crippen LogP contribution in [0.25, 0.3) is 0 Å². The highest BCUT2D eigenvalue weighted by Gasteiger charge is 2.30. The number of carboxylic acid groups (broad SMARTS) is 1. The van der Waals surface area contributed by atoms with E-state index in [2.05, 4.69) is 18.3 Å². The first-order valence-electron chi connectivity index (χ1n) is 7.32. The molecule has 1 aliphatic heterocycles. The minimum absolute atomic E-state index is 0.270. The zero-order valence-corrected chi connectivity index (χ0v) is 13.3. The molecule has 0 radical (unpaired) electrons. The van der Waals surface area contributed by atoms with Crippen LogP contribution >= 0.6 is 11.3 Å². The van der Waals surface area contributed by atoms with E-state index in [9.17, 15) is 14.7 Å². The number of hydrogen-bond donors (Lipinski definition) is 2. The second kappa shape index (κ2) is 6.93. The van der Waals surface area contributed by atoms with Gasteiger partial charge in [-0.3, -0.25) is 0 Å². The van der Waals surface area contributed by atoms with Gasteiger partial charge in [0.25, 0.3) is 0 Å².